The van der Waals surface area contributed by atoms with Gasteiger partial charge in [-0.2, -0.15) is 0 Å². The fourth-order valence-corrected chi connectivity index (χ4v) is 2.98. The predicted octanol–water partition coefficient (Wildman–Crippen LogP) is 2.71. The van der Waals surface area contributed by atoms with Crippen LogP contribution < -0.4 is 0 Å². The topological polar surface area (TPSA) is 23.6 Å². The molecule has 2 amide bonds. The van der Waals surface area contributed by atoms with Gasteiger partial charge in [-0.25, -0.2) is 4.79 Å². The van der Waals surface area contributed by atoms with Crippen molar-refractivity contribution in [1.29, 1.82) is 0 Å². The first-order valence-electron chi connectivity index (χ1n) is 6.77. The summed E-state index contributed by atoms with van der Waals surface area (Å²) in [6.45, 7) is 2.90. The summed E-state index contributed by atoms with van der Waals surface area (Å²) in [5.41, 5.74) is 0. The second-order valence-corrected chi connectivity index (χ2v) is 5.36. The van der Waals surface area contributed by atoms with Crippen LogP contribution in [0.4, 0.5) is 4.79 Å². The monoisotopic (exact) mass is 224 g/mol. The van der Waals surface area contributed by atoms with Gasteiger partial charge in [0, 0.05) is 26.7 Å². The molecule has 0 spiro atoms. The summed E-state index contributed by atoms with van der Waals surface area (Å²) in [4.78, 5) is 16.1. The molecule has 0 N–H and O–H groups in total. The largest absolute Gasteiger partial charge is 0.327 e. The Balaban J connectivity index is 1.78. The lowest BCUT2D eigenvalue weighted by molar-refractivity contribution is 0.147. The van der Waals surface area contributed by atoms with Crippen LogP contribution in [0.3, 0.4) is 0 Å². The van der Waals surface area contributed by atoms with Gasteiger partial charge < -0.3 is 9.80 Å². The summed E-state index contributed by atoms with van der Waals surface area (Å²) in [6.07, 6.45) is 9.00. The minimum atomic E-state index is 0.256. The Labute approximate surface area is 98.8 Å². The third-order valence-electron chi connectivity index (χ3n) is 3.96. The highest BCUT2D eigenvalue weighted by Crippen LogP contribution is 2.25. The van der Waals surface area contributed by atoms with Gasteiger partial charge in [0.2, 0.25) is 0 Å². The quantitative estimate of drug-likeness (QED) is 0.707. The molecule has 2 aliphatic rings. The zero-order chi connectivity index (χ0) is 11.4. The molecule has 3 heteroatoms. The van der Waals surface area contributed by atoms with Gasteiger partial charge in [0.15, 0.2) is 0 Å². The molecule has 1 aliphatic carbocycles. The van der Waals surface area contributed by atoms with Crippen molar-refractivity contribution in [2.75, 3.05) is 26.7 Å². The lowest BCUT2D eigenvalue weighted by Crippen LogP contribution is -2.45. The molecule has 0 bridgehead atoms. The van der Waals surface area contributed by atoms with Crippen molar-refractivity contribution in [2.45, 2.75) is 44.9 Å². The van der Waals surface area contributed by atoms with Crippen molar-refractivity contribution in [3.63, 3.8) is 0 Å². The average Bonchev–Trinajstić information content (AvgIpc) is 2.82. The minimum Gasteiger partial charge on any atom is -0.327 e. The van der Waals surface area contributed by atoms with Gasteiger partial charge >= 0.3 is 6.03 Å². The van der Waals surface area contributed by atoms with Crippen molar-refractivity contribution in [1.82, 2.24) is 9.80 Å². The number of hydrogen-bond donors (Lipinski definition) is 0. The third-order valence-corrected chi connectivity index (χ3v) is 3.96. The summed E-state index contributed by atoms with van der Waals surface area (Å²) < 4.78 is 0. The molecule has 1 saturated carbocycles. The smallest absolute Gasteiger partial charge is 0.319 e. The van der Waals surface area contributed by atoms with Gasteiger partial charge in [0.25, 0.3) is 0 Å². The first-order valence-corrected chi connectivity index (χ1v) is 6.77. The second kappa shape index (κ2) is 5.55. The van der Waals surface area contributed by atoms with Crippen LogP contribution in [-0.4, -0.2) is 42.5 Å². The molecule has 0 radical (unpaired) electrons. The van der Waals surface area contributed by atoms with Gasteiger partial charge in [0.05, 0.1) is 0 Å². The number of carbonyl (C=O) groups is 1. The van der Waals surface area contributed by atoms with Gasteiger partial charge in [0.1, 0.15) is 0 Å². The predicted molar refractivity (Wildman–Crippen MR) is 65.4 cm³/mol. The SMILES string of the molecule is CN(CC1CCCC1)C(=O)N1CCCCC1. The lowest BCUT2D eigenvalue weighted by Gasteiger charge is -2.32. The Kier molecular flexibility index (Phi) is 4.08. The molecule has 16 heavy (non-hydrogen) atoms. The van der Waals surface area contributed by atoms with Crippen molar-refractivity contribution >= 4 is 6.03 Å². The molecule has 2 rings (SSSR count). The molecular formula is C13H24N2O. The van der Waals surface area contributed by atoms with Crippen LogP contribution in [-0.2, 0) is 0 Å². The molecule has 1 saturated heterocycles. The van der Waals surface area contributed by atoms with E-state index in [0.717, 1.165) is 25.6 Å². The fourth-order valence-electron chi connectivity index (χ4n) is 2.98. The zero-order valence-electron chi connectivity index (χ0n) is 10.5. The highest BCUT2D eigenvalue weighted by atomic mass is 16.2. The van der Waals surface area contributed by atoms with Crippen LogP contribution in [0.25, 0.3) is 0 Å². The maximum atomic E-state index is 12.1. The van der Waals surface area contributed by atoms with E-state index in [1.807, 2.05) is 16.8 Å². The summed E-state index contributed by atoms with van der Waals surface area (Å²) in [7, 11) is 1.97. The Bertz CT molecular complexity index is 230. The number of urea groups is 1. The number of carbonyl (C=O) groups excluding carboxylic acids is 1. The van der Waals surface area contributed by atoms with E-state index in [0.29, 0.717) is 0 Å². The summed E-state index contributed by atoms with van der Waals surface area (Å²) in [6, 6.07) is 0.256. The van der Waals surface area contributed by atoms with Gasteiger partial charge in [-0.1, -0.05) is 12.8 Å². The number of amides is 2. The standard InChI is InChI=1S/C13H24N2O/c1-14(11-12-7-3-4-8-12)13(16)15-9-5-2-6-10-15/h12H,2-11H2,1H3. The lowest BCUT2D eigenvalue weighted by atomic mass is 10.1. The normalized spacial score (nSPS) is 22.4. The minimum absolute atomic E-state index is 0.256. The van der Waals surface area contributed by atoms with E-state index in [2.05, 4.69) is 0 Å². The van der Waals surface area contributed by atoms with E-state index in [4.69, 9.17) is 0 Å². The Hall–Kier alpha value is -0.730. The first kappa shape index (κ1) is 11.7. The highest BCUT2D eigenvalue weighted by Gasteiger charge is 2.23. The number of hydrogen-bond acceptors (Lipinski definition) is 1. The van der Waals surface area contributed by atoms with E-state index >= 15 is 0 Å². The molecule has 3 nitrogen and oxygen atoms in total. The fraction of sp³-hybridized carbons (Fsp3) is 0.923. The van der Waals surface area contributed by atoms with Crippen LogP contribution in [0, 0.1) is 5.92 Å². The second-order valence-electron chi connectivity index (χ2n) is 5.36. The van der Waals surface area contributed by atoms with Crippen molar-refractivity contribution in [3.8, 4) is 0 Å². The zero-order valence-corrected chi connectivity index (χ0v) is 10.5. The third kappa shape index (κ3) is 2.89. The summed E-state index contributed by atoms with van der Waals surface area (Å²) in [5, 5.41) is 0. The maximum Gasteiger partial charge on any atom is 0.319 e. The molecule has 0 atom stereocenters. The van der Waals surface area contributed by atoms with Crippen molar-refractivity contribution < 1.29 is 4.79 Å². The van der Waals surface area contributed by atoms with Crippen LogP contribution in [0.2, 0.25) is 0 Å². The number of piperidine rings is 1. The molecule has 92 valence electrons. The molecule has 1 aliphatic heterocycles. The molecule has 0 aromatic heterocycles. The van der Waals surface area contributed by atoms with Crippen LogP contribution in [0.1, 0.15) is 44.9 Å². The van der Waals surface area contributed by atoms with E-state index in [9.17, 15) is 4.79 Å². The molecule has 2 fully saturated rings. The molecule has 0 aromatic carbocycles. The highest BCUT2D eigenvalue weighted by molar-refractivity contribution is 5.74. The molecule has 1 heterocycles. The van der Waals surface area contributed by atoms with E-state index in [1.165, 1.54) is 44.9 Å². The Morgan fingerprint density at radius 2 is 1.75 bits per heavy atom. The maximum absolute atomic E-state index is 12.1. The first-order chi connectivity index (χ1) is 7.77. The molecule has 0 unspecified atom stereocenters. The summed E-state index contributed by atoms with van der Waals surface area (Å²) in [5.74, 6) is 0.763. The number of nitrogens with zero attached hydrogens (tertiary/aromatic N) is 2. The van der Waals surface area contributed by atoms with Crippen molar-refractivity contribution in [2.24, 2.45) is 5.92 Å². The summed E-state index contributed by atoms with van der Waals surface area (Å²) >= 11 is 0. The van der Waals surface area contributed by atoms with Crippen LogP contribution >= 0.6 is 0 Å². The average molecular weight is 224 g/mol. The molecular weight excluding hydrogens is 200 g/mol. The Morgan fingerprint density at radius 1 is 1.12 bits per heavy atom. The number of likely N-dealkylation sites (tertiary alicyclic amines) is 1. The van der Waals surface area contributed by atoms with Gasteiger partial charge in [-0.15, -0.1) is 0 Å². The van der Waals surface area contributed by atoms with E-state index in [-0.39, 0.29) is 6.03 Å². The van der Waals surface area contributed by atoms with Crippen LogP contribution in [0.15, 0.2) is 0 Å². The number of rotatable bonds is 2. The van der Waals surface area contributed by atoms with E-state index < -0.39 is 0 Å². The van der Waals surface area contributed by atoms with E-state index in [1.54, 1.807) is 0 Å². The van der Waals surface area contributed by atoms with Gasteiger partial charge in [-0.3, -0.25) is 0 Å². The Morgan fingerprint density at radius 3 is 2.38 bits per heavy atom. The van der Waals surface area contributed by atoms with Gasteiger partial charge in [-0.05, 0) is 38.0 Å². The van der Waals surface area contributed by atoms with Crippen molar-refractivity contribution in [3.05, 3.63) is 0 Å². The molecule has 0 aromatic rings. The van der Waals surface area contributed by atoms with Crippen LogP contribution in [0.5, 0.6) is 0 Å².